The summed E-state index contributed by atoms with van der Waals surface area (Å²) in [6.07, 6.45) is 1.47. The zero-order chi connectivity index (χ0) is 14.5. The predicted molar refractivity (Wildman–Crippen MR) is 78.8 cm³/mol. The number of nitrogens with two attached hydrogens (primary N) is 1. The first kappa shape index (κ1) is 14.2. The van der Waals surface area contributed by atoms with Gasteiger partial charge in [0.25, 0.3) is 5.91 Å². The first-order chi connectivity index (χ1) is 9.61. The number of anilines is 1. The van der Waals surface area contributed by atoms with E-state index in [1.807, 2.05) is 0 Å². The Morgan fingerprint density at radius 1 is 1.45 bits per heavy atom. The van der Waals surface area contributed by atoms with Gasteiger partial charge in [0.1, 0.15) is 0 Å². The van der Waals surface area contributed by atoms with E-state index in [1.54, 1.807) is 31.2 Å². The van der Waals surface area contributed by atoms with Crippen LogP contribution < -0.4 is 11.1 Å². The second-order valence-electron chi connectivity index (χ2n) is 4.09. The molecular formula is C15H13ClN2O2. The smallest absolute Gasteiger partial charge is 0.291 e. The van der Waals surface area contributed by atoms with Crippen LogP contribution >= 0.6 is 11.6 Å². The monoisotopic (exact) mass is 288 g/mol. The van der Waals surface area contributed by atoms with Crippen LogP contribution in [-0.2, 0) is 0 Å². The number of amides is 1. The maximum absolute atomic E-state index is 12.1. The zero-order valence-electron chi connectivity index (χ0n) is 10.9. The Bertz CT molecular complexity index is 695. The van der Waals surface area contributed by atoms with Gasteiger partial charge < -0.3 is 15.5 Å². The highest BCUT2D eigenvalue weighted by Crippen LogP contribution is 2.24. The molecular weight excluding hydrogens is 276 g/mol. The summed E-state index contributed by atoms with van der Waals surface area (Å²) in [6, 6.07) is 6.85. The standard InChI is InChI=1S/C15H13ClN2O2/c1-10-6-8-20-14(10)15(19)18-13-9-11(3-2-7-17)4-5-12(13)16/h4-6,8-9H,7,17H2,1H3,(H,18,19). The van der Waals surface area contributed by atoms with Gasteiger partial charge in [0.05, 0.1) is 23.5 Å². The van der Waals surface area contributed by atoms with E-state index in [0.29, 0.717) is 10.7 Å². The number of furan rings is 1. The number of benzene rings is 1. The average Bonchev–Trinajstić information content (AvgIpc) is 2.86. The van der Waals surface area contributed by atoms with Crippen LogP contribution in [0.5, 0.6) is 0 Å². The number of hydrogen-bond acceptors (Lipinski definition) is 3. The van der Waals surface area contributed by atoms with Crippen molar-refractivity contribution in [1.82, 2.24) is 0 Å². The molecule has 0 aliphatic heterocycles. The molecule has 3 N–H and O–H groups in total. The second-order valence-corrected chi connectivity index (χ2v) is 4.49. The quantitative estimate of drug-likeness (QED) is 0.835. The van der Waals surface area contributed by atoms with E-state index in [2.05, 4.69) is 17.2 Å². The van der Waals surface area contributed by atoms with Crippen molar-refractivity contribution >= 4 is 23.2 Å². The minimum Gasteiger partial charge on any atom is -0.459 e. The van der Waals surface area contributed by atoms with Crippen LogP contribution in [0.15, 0.2) is 34.9 Å². The van der Waals surface area contributed by atoms with Crippen molar-refractivity contribution < 1.29 is 9.21 Å². The highest BCUT2D eigenvalue weighted by atomic mass is 35.5. The van der Waals surface area contributed by atoms with Crippen molar-refractivity contribution in [3.8, 4) is 11.8 Å². The Labute approximate surface area is 121 Å². The summed E-state index contributed by atoms with van der Waals surface area (Å²) in [5.41, 5.74) is 7.30. The highest BCUT2D eigenvalue weighted by molar-refractivity contribution is 6.34. The topological polar surface area (TPSA) is 68.3 Å². The van der Waals surface area contributed by atoms with Crippen LogP contribution in [0.4, 0.5) is 5.69 Å². The molecule has 0 saturated heterocycles. The van der Waals surface area contributed by atoms with Gasteiger partial charge >= 0.3 is 0 Å². The highest BCUT2D eigenvalue weighted by Gasteiger charge is 2.14. The molecule has 2 rings (SSSR count). The van der Waals surface area contributed by atoms with Gasteiger partial charge in [0, 0.05) is 11.1 Å². The molecule has 1 heterocycles. The normalized spacial score (nSPS) is 9.75. The van der Waals surface area contributed by atoms with Crippen molar-refractivity contribution in [2.75, 3.05) is 11.9 Å². The lowest BCUT2D eigenvalue weighted by Gasteiger charge is -2.06. The van der Waals surface area contributed by atoms with Crippen molar-refractivity contribution in [3.63, 3.8) is 0 Å². The molecule has 1 aromatic heterocycles. The Morgan fingerprint density at radius 3 is 2.90 bits per heavy atom. The van der Waals surface area contributed by atoms with Crippen molar-refractivity contribution in [3.05, 3.63) is 52.4 Å². The molecule has 0 spiro atoms. The van der Waals surface area contributed by atoms with Crippen LogP contribution in [-0.4, -0.2) is 12.5 Å². The van der Waals surface area contributed by atoms with E-state index in [1.165, 1.54) is 6.26 Å². The van der Waals surface area contributed by atoms with Gasteiger partial charge in [-0.1, -0.05) is 23.4 Å². The lowest BCUT2D eigenvalue weighted by Crippen LogP contribution is -2.12. The van der Waals surface area contributed by atoms with Gasteiger partial charge in [-0.05, 0) is 31.2 Å². The van der Waals surface area contributed by atoms with E-state index >= 15 is 0 Å². The van der Waals surface area contributed by atoms with E-state index in [4.69, 9.17) is 21.8 Å². The molecule has 0 atom stereocenters. The fourth-order valence-corrected chi connectivity index (χ4v) is 1.80. The molecule has 1 amide bonds. The average molecular weight is 289 g/mol. The third kappa shape index (κ3) is 3.21. The number of hydrogen-bond donors (Lipinski definition) is 2. The zero-order valence-corrected chi connectivity index (χ0v) is 11.6. The minimum absolute atomic E-state index is 0.263. The Balaban J connectivity index is 2.25. The number of rotatable bonds is 2. The number of carbonyl (C=O) groups is 1. The molecule has 0 aliphatic carbocycles. The molecule has 5 heteroatoms. The number of halogens is 1. The summed E-state index contributed by atoms with van der Waals surface area (Å²) in [6.45, 7) is 2.07. The van der Waals surface area contributed by atoms with Crippen LogP contribution in [0.1, 0.15) is 21.7 Å². The minimum atomic E-state index is -0.349. The van der Waals surface area contributed by atoms with E-state index in [-0.39, 0.29) is 18.2 Å². The third-order valence-electron chi connectivity index (χ3n) is 2.62. The van der Waals surface area contributed by atoms with Crippen molar-refractivity contribution in [1.29, 1.82) is 0 Å². The molecule has 0 saturated carbocycles. The van der Waals surface area contributed by atoms with Gasteiger partial charge in [-0.2, -0.15) is 0 Å². The summed E-state index contributed by atoms with van der Waals surface area (Å²) in [5, 5.41) is 3.14. The molecule has 0 unspecified atom stereocenters. The molecule has 0 radical (unpaired) electrons. The predicted octanol–water partition coefficient (Wildman–Crippen LogP) is 2.80. The second kappa shape index (κ2) is 6.29. The number of nitrogens with one attached hydrogen (secondary N) is 1. The molecule has 102 valence electrons. The van der Waals surface area contributed by atoms with Crippen LogP contribution in [0, 0.1) is 18.8 Å². The fourth-order valence-electron chi connectivity index (χ4n) is 1.64. The van der Waals surface area contributed by atoms with Gasteiger partial charge in [0.2, 0.25) is 0 Å². The first-order valence-electron chi connectivity index (χ1n) is 5.95. The summed E-state index contributed by atoms with van der Waals surface area (Å²) >= 11 is 6.06. The van der Waals surface area contributed by atoms with Crippen LogP contribution in [0.2, 0.25) is 5.02 Å². The van der Waals surface area contributed by atoms with Gasteiger partial charge in [0.15, 0.2) is 5.76 Å². The molecule has 0 aliphatic rings. The summed E-state index contributed by atoms with van der Waals surface area (Å²) in [7, 11) is 0. The Kier molecular flexibility index (Phi) is 4.46. The SMILES string of the molecule is Cc1ccoc1C(=O)Nc1cc(C#CCN)ccc1Cl. The fraction of sp³-hybridized carbons (Fsp3) is 0.133. The Hall–Kier alpha value is -2.22. The van der Waals surface area contributed by atoms with Crippen LogP contribution in [0.3, 0.4) is 0 Å². The third-order valence-corrected chi connectivity index (χ3v) is 2.95. The number of aryl methyl sites for hydroxylation is 1. The summed E-state index contributed by atoms with van der Waals surface area (Å²) < 4.78 is 5.13. The maximum atomic E-state index is 12.1. The Morgan fingerprint density at radius 2 is 2.25 bits per heavy atom. The van der Waals surface area contributed by atoms with E-state index in [0.717, 1.165) is 11.1 Å². The van der Waals surface area contributed by atoms with Crippen molar-refractivity contribution in [2.24, 2.45) is 5.73 Å². The molecule has 0 fully saturated rings. The van der Waals surface area contributed by atoms with Gasteiger partial charge in [-0.25, -0.2) is 0 Å². The molecule has 4 nitrogen and oxygen atoms in total. The van der Waals surface area contributed by atoms with Gasteiger partial charge in [-0.3, -0.25) is 4.79 Å². The molecule has 2 aromatic rings. The summed E-state index contributed by atoms with van der Waals surface area (Å²) in [5.74, 6) is 5.54. The van der Waals surface area contributed by atoms with E-state index < -0.39 is 0 Å². The van der Waals surface area contributed by atoms with Gasteiger partial charge in [-0.15, -0.1) is 0 Å². The summed E-state index contributed by atoms with van der Waals surface area (Å²) in [4.78, 5) is 12.1. The molecule has 1 aromatic carbocycles. The lowest BCUT2D eigenvalue weighted by atomic mass is 10.2. The largest absolute Gasteiger partial charge is 0.459 e. The maximum Gasteiger partial charge on any atom is 0.291 e. The van der Waals surface area contributed by atoms with E-state index in [9.17, 15) is 4.79 Å². The first-order valence-corrected chi connectivity index (χ1v) is 6.33. The number of carbonyl (C=O) groups excluding carboxylic acids is 1. The molecule has 20 heavy (non-hydrogen) atoms. The molecule has 0 bridgehead atoms. The van der Waals surface area contributed by atoms with Crippen LogP contribution in [0.25, 0.3) is 0 Å². The lowest BCUT2D eigenvalue weighted by molar-refractivity contribution is 0.0996. The van der Waals surface area contributed by atoms with Crippen molar-refractivity contribution in [2.45, 2.75) is 6.92 Å².